The summed E-state index contributed by atoms with van der Waals surface area (Å²) in [5, 5.41) is 3.64. The Kier molecular flexibility index (Phi) is 4.79. The van der Waals surface area contributed by atoms with Crippen molar-refractivity contribution in [2.75, 3.05) is 6.61 Å². The van der Waals surface area contributed by atoms with Gasteiger partial charge in [-0.2, -0.15) is 0 Å². The lowest BCUT2D eigenvalue weighted by Gasteiger charge is -2.37. The topological polar surface area (TPSA) is 47.6 Å². The highest BCUT2D eigenvalue weighted by atomic mass is 16.5. The molecule has 0 aliphatic carbocycles. The van der Waals surface area contributed by atoms with Gasteiger partial charge in [-0.3, -0.25) is 4.79 Å². The van der Waals surface area contributed by atoms with E-state index in [1.165, 1.54) is 5.56 Å². The molecule has 2 aliphatic rings. The maximum absolute atomic E-state index is 12.4. The Bertz CT molecular complexity index is 504. The van der Waals surface area contributed by atoms with Gasteiger partial charge in [0.2, 0.25) is 0 Å². The van der Waals surface area contributed by atoms with E-state index >= 15 is 0 Å². The molecule has 120 valence electrons. The second-order valence-electron chi connectivity index (χ2n) is 6.29. The molecular formula is C18H25NO3. The molecule has 4 nitrogen and oxygen atoms in total. The Balaban J connectivity index is 1.73. The Hall–Kier alpha value is -1.39. The molecule has 3 unspecified atom stereocenters. The molecule has 0 saturated carbocycles. The van der Waals surface area contributed by atoms with Crippen molar-refractivity contribution in [1.29, 1.82) is 0 Å². The minimum atomic E-state index is -0.190. The highest BCUT2D eigenvalue weighted by Crippen LogP contribution is 2.38. The highest BCUT2D eigenvalue weighted by molar-refractivity contribution is 5.74. The van der Waals surface area contributed by atoms with E-state index in [4.69, 9.17) is 9.47 Å². The summed E-state index contributed by atoms with van der Waals surface area (Å²) in [4.78, 5) is 12.4. The monoisotopic (exact) mass is 303 g/mol. The summed E-state index contributed by atoms with van der Waals surface area (Å²) in [6, 6.07) is 10.7. The maximum Gasteiger partial charge on any atom is 0.313 e. The molecule has 0 spiro atoms. The molecule has 0 amide bonds. The zero-order valence-corrected chi connectivity index (χ0v) is 13.3. The molecule has 22 heavy (non-hydrogen) atoms. The van der Waals surface area contributed by atoms with Crippen LogP contribution in [0.4, 0.5) is 0 Å². The molecule has 2 bridgehead atoms. The van der Waals surface area contributed by atoms with Crippen molar-refractivity contribution in [2.45, 2.75) is 57.4 Å². The van der Waals surface area contributed by atoms with Crippen LogP contribution in [0.5, 0.6) is 0 Å². The number of carbonyl (C=O) groups excluding carboxylic acids is 1. The molecule has 0 aromatic heterocycles. The third-order valence-electron chi connectivity index (χ3n) is 4.81. The van der Waals surface area contributed by atoms with Crippen LogP contribution in [0.15, 0.2) is 30.3 Å². The molecule has 0 radical (unpaired) electrons. The van der Waals surface area contributed by atoms with Crippen molar-refractivity contribution >= 4 is 5.97 Å². The molecule has 3 rings (SSSR count). The van der Waals surface area contributed by atoms with E-state index in [1.54, 1.807) is 0 Å². The van der Waals surface area contributed by atoms with Gasteiger partial charge in [0.25, 0.3) is 0 Å². The smallest absolute Gasteiger partial charge is 0.313 e. The Morgan fingerprint density at radius 2 is 2.14 bits per heavy atom. The number of hydrogen-bond donors (Lipinski definition) is 1. The molecule has 1 aromatic carbocycles. The minimum absolute atomic E-state index is 0.0123. The van der Waals surface area contributed by atoms with E-state index in [-0.39, 0.29) is 36.2 Å². The van der Waals surface area contributed by atoms with Crippen LogP contribution in [0.3, 0.4) is 0 Å². The summed E-state index contributed by atoms with van der Waals surface area (Å²) in [5.74, 6) is -0.310. The lowest BCUT2D eigenvalue weighted by atomic mass is 9.89. The van der Waals surface area contributed by atoms with E-state index in [0.717, 1.165) is 19.3 Å². The van der Waals surface area contributed by atoms with Crippen LogP contribution >= 0.6 is 0 Å². The average Bonchev–Trinajstić information content (AvgIpc) is 2.90. The summed E-state index contributed by atoms with van der Waals surface area (Å²) in [7, 11) is 0. The van der Waals surface area contributed by atoms with Crippen molar-refractivity contribution in [3.8, 4) is 0 Å². The van der Waals surface area contributed by atoms with Crippen LogP contribution < -0.4 is 5.32 Å². The first-order valence-corrected chi connectivity index (χ1v) is 8.32. The van der Waals surface area contributed by atoms with Crippen molar-refractivity contribution in [3.63, 3.8) is 0 Å². The predicted molar refractivity (Wildman–Crippen MR) is 84.4 cm³/mol. The molecule has 1 aromatic rings. The molecule has 2 heterocycles. The predicted octanol–water partition coefficient (Wildman–Crippen LogP) is 2.84. The van der Waals surface area contributed by atoms with E-state index in [2.05, 4.69) is 24.4 Å². The quantitative estimate of drug-likeness (QED) is 0.850. The van der Waals surface area contributed by atoms with Crippen LogP contribution in [-0.2, 0) is 14.3 Å². The fourth-order valence-corrected chi connectivity index (χ4v) is 3.75. The molecule has 1 N–H and O–H groups in total. The first-order valence-electron chi connectivity index (χ1n) is 8.32. The van der Waals surface area contributed by atoms with Crippen molar-refractivity contribution in [2.24, 2.45) is 5.92 Å². The third-order valence-corrected chi connectivity index (χ3v) is 4.81. The molecule has 2 aliphatic heterocycles. The number of fused-ring (bicyclic) bond motifs is 2. The number of nitrogens with one attached hydrogen (secondary N) is 1. The van der Waals surface area contributed by atoms with Gasteiger partial charge >= 0.3 is 5.97 Å². The number of ether oxygens (including phenoxy) is 2. The highest BCUT2D eigenvalue weighted by Gasteiger charge is 2.47. The molecular weight excluding hydrogens is 278 g/mol. The van der Waals surface area contributed by atoms with Crippen LogP contribution in [0.25, 0.3) is 0 Å². The van der Waals surface area contributed by atoms with Crippen LogP contribution in [0.2, 0.25) is 0 Å². The number of hydrogen-bond acceptors (Lipinski definition) is 4. The van der Waals surface area contributed by atoms with Crippen LogP contribution in [0, 0.1) is 5.92 Å². The van der Waals surface area contributed by atoms with Gasteiger partial charge in [-0.05, 0) is 38.7 Å². The lowest BCUT2D eigenvalue weighted by Crippen LogP contribution is -2.51. The summed E-state index contributed by atoms with van der Waals surface area (Å²) < 4.78 is 11.2. The summed E-state index contributed by atoms with van der Waals surface area (Å²) in [6.45, 7) is 4.43. The molecule has 2 saturated heterocycles. The average molecular weight is 303 g/mol. The zero-order chi connectivity index (χ0) is 15.5. The van der Waals surface area contributed by atoms with Gasteiger partial charge in [0.1, 0.15) is 0 Å². The third kappa shape index (κ3) is 3.18. The standard InChI is InChI=1S/C18H25NO3/c1-3-21-18(20)17-15(11-14-9-10-16(17)22-14)19-12(2)13-7-5-4-6-8-13/h4-8,12,14-17,19H,3,9-11H2,1-2H3/t12?,14-,15?,16+,17?/m1/s1. The zero-order valence-electron chi connectivity index (χ0n) is 13.3. The fraction of sp³-hybridized carbons (Fsp3) is 0.611. The summed E-state index contributed by atoms with van der Waals surface area (Å²) in [6.07, 6.45) is 3.20. The Morgan fingerprint density at radius 1 is 1.36 bits per heavy atom. The lowest BCUT2D eigenvalue weighted by molar-refractivity contribution is -0.160. The number of benzene rings is 1. The van der Waals surface area contributed by atoms with Crippen molar-refractivity contribution < 1.29 is 14.3 Å². The fourth-order valence-electron chi connectivity index (χ4n) is 3.75. The maximum atomic E-state index is 12.4. The van der Waals surface area contributed by atoms with Crippen LogP contribution in [0.1, 0.15) is 44.7 Å². The summed E-state index contributed by atoms with van der Waals surface area (Å²) >= 11 is 0. The van der Waals surface area contributed by atoms with Crippen molar-refractivity contribution in [3.05, 3.63) is 35.9 Å². The molecule has 4 heteroatoms. The first kappa shape index (κ1) is 15.5. The summed E-state index contributed by atoms with van der Waals surface area (Å²) in [5.41, 5.74) is 1.24. The van der Waals surface area contributed by atoms with Gasteiger partial charge in [0.05, 0.1) is 24.7 Å². The van der Waals surface area contributed by atoms with E-state index in [1.807, 2.05) is 25.1 Å². The van der Waals surface area contributed by atoms with E-state index in [9.17, 15) is 4.79 Å². The van der Waals surface area contributed by atoms with E-state index < -0.39 is 0 Å². The van der Waals surface area contributed by atoms with Crippen LogP contribution in [-0.4, -0.2) is 30.8 Å². The van der Waals surface area contributed by atoms with Crippen molar-refractivity contribution in [1.82, 2.24) is 5.32 Å². The number of carbonyl (C=O) groups is 1. The molecule has 2 fully saturated rings. The second kappa shape index (κ2) is 6.80. The SMILES string of the molecule is CCOC(=O)C1C(NC(C)c2ccccc2)C[C@H]2CC[C@@H]1O2. The van der Waals surface area contributed by atoms with Gasteiger partial charge < -0.3 is 14.8 Å². The Morgan fingerprint density at radius 3 is 2.86 bits per heavy atom. The van der Waals surface area contributed by atoms with E-state index in [0.29, 0.717) is 6.61 Å². The molecule has 5 atom stereocenters. The first-order chi connectivity index (χ1) is 10.7. The Labute approximate surface area is 132 Å². The van der Waals surface area contributed by atoms with Gasteiger partial charge in [-0.1, -0.05) is 30.3 Å². The van der Waals surface area contributed by atoms with Gasteiger partial charge in [0.15, 0.2) is 0 Å². The largest absolute Gasteiger partial charge is 0.466 e. The normalized spacial score (nSPS) is 31.7. The minimum Gasteiger partial charge on any atom is -0.466 e. The number of esters is 1. The van der Waals surface area contributed by atoms with Gasteiger partial charge in [0, 0.05) is 12.1 Å². The second-order valence-corrected chi connectivity index (χ2v) is 6.29. The van der Waals surface area contributed by atoms with Gasteiger partial charge in [-0.25, -0.2) is 0 Å². The number of rotatable bonds is 5. The van der Waals surface area contributed by atoms with Gasteiger partial charge in [-0.15, -0.1) is 0 Å².